The van der Waals surface area contributed by atoms with Gasteiger partial charge in [0, 0.05) is 17.1 Å². The Balaban J connectivity index is 1.83. The van der Waals surface area contributed by atoms with Gasteiger partial charge in [-0.15, -0.1) is 0 Å². The molecule has 20 heavy (non-hydrogen) atoms. The fourth-order valence-corrected chi connectivity index (χ4v) is 2.54. The molecule has 0 radical (unpaired) electrons. The van der Waals surface area contributed by atoms with Crippen LogP contribution in [0.25, 0.3) is 11.0 Å². The average molecular weight is 286 g/mol. The summed E-state index contributed by atoms with van der Waals surface area (Å²) in [6, 6.07) is 13.7. The molecule has 0 fully saturated rings. The van der Waals surface area contributed by atoms with E-state index in [-0.39, 0.29) is 0 Å². The summed E-state index contributed by atoms with van der Waals surface area (Å²) in [6.07, 6.45) is 0.857. The molecule has 0 aliphatic heterocycles. The largest absolute Gasteiger partial charge is 0.399 e. The minimum absolute atomic E-state index is 0.381. The fourth-order valence-electron chi connectivity index (χ4n) is 2.36. The third-order valence-electron chi connectivity index (χ3n) is 3.50. The van der Waals surface area contributed by atoms with Crippen molar-refractivity contribution in [3.63, 3.8) is 0 Å². The van der Waals surface area contributed by atoms with Gasteiger partial charge in [0.15, 0.2) is 0 Å². The number of hydrogen-bond donors (Lipinski definition) is 2. The van der Waals surface area contributed by atoms with Crippen LogP contribution in [0.1, 0.15) is 24.2 Å². The number of nitrogens with two attached hydrogens (primary N) is 1. The van der Waals surface area contributed by atoms with Crippen LogP contribution in [0.5, 0.6) is 0 Å². The number of nitrogens with one attached hydrogen (secondary N) is 1. The van der Waals surface area contributed by atoms with Gasteiger partial charge in [-0.05, 0) is 41.8 Å². The van der Waals surface area contributed by atoms with Gasteiger partial charge in [0.2, 0.25) is 0 Å². The number of rotatable bonds is 3. The summed E-state index contributed by atoms with van der Waals surface area (Å²) in [7, 11) is 0. The summed E-state index contributed by atoms with van der Waals surface area (Å²) in [5.41, 5.74) is 9.70. The SMILES string of the molecule is CC(Cc1nc2ccc(Cl)cc2[nH]1)c1ccc(N)cc1. The highest BCUT2D eigenvalue weighted by Crippen LogP contribution is 2.23. The standard InChI is InChI=1S/C16H16ClN3/c1-10(11-2-5-13(18)6-3-11)8-16-19-14-7-4-12(17)9-15(14)20-16/h2-7,9-10H,8,18H2,1H3,(H,19,20). The summed E-state index contributed by atoms with van der Waals surface area (Å²) >= 11 is 5.98. The minimum Gasteiger partial charge on any atom is -0.399 e. The first-order valence-electron chi connectivity index (χ1n) is 6.61. The van der Waals surface area contributed by atoms with Crippen molar-refractivity contribution in [3.05, 3.63) is 58.9 Å². The fraction of sp³-hybridized carbons (Fsp3) is 0.188. The quantitative estimate of drug-likeness (QED) is 0.711. The van der Waals surface area contributed by atoms with E-state index in [0.717, 1.165) is 34.0 Å². The van der Waals surface area contributed by atoms with Crippen LogP contribution in [0.3, 0.4) is 0 Å². The van der Waals surface area contributed by atoms with Crippen molar-refractivity contribution < 1.29 is 0 Å². The first-order chi connectivity index (χ1) is 9.61. The molecule has 0 saturated carbocycles. The monoisotopic (exact) mass is 285 g/mol. The number of aromatic amines is 1. The molecule has 3 nitrogen and oxygen atoms in total. The maximum Gasteiger partial charge on any atom is 0.107 e. The molecule has 1 atom stereocenters. The molecule has 3 N–H and O–H groups in total. The molecule has 1 aromatic heterocycles. The summed E-state index contributed by atoms with van der Waals surface area (Å²) < 4.78 is 0. The molecule has 0 aliphatic rings. The lowest BCUT2D eigenvalue weighted by molar-refractivity contribution is 0.729. The van der Waals surface area contributed by atoms with Crippen molar-refractivity contribution in [1.29, 1.82) is 0 Å². The molecular weight excluding hydrogens is 270 g/mol. The van der Waals surface area contributed by atoms with Crippen LogP contribution in [-0.4, -0.2) is 9.97 Å². The van der Waals surface area contributed by atoms with Crippen molar-refractivity contribution in [1.82, 2.24) is 9.97 Å². The lowest BCUT2D eigenvalue weighted by atomic mass is 9.97. The summed E-state index contributed by atoms with van der Waals surface area (Å²) in [4.78, 5) is 7.93. The number of imidazole rings is 1. The van der Waals surface area contributed by atoms with Crippen LogP contribution in [-0.2, 0) is 6.42 Å². The maximum atomic E-state index is 5.98. The van der Waals surface area contributed by atoms with Gasteiger partial charge < -0.3 is 10.7 Å². The zero-order valence-corrected chi connectivity index (χ0v) is 12.0. The molecule has 1 unspecified atom stereocenters. The van der Waals surface area contributed by atoms with E-state index in [4.69, 9.17) is 17.3 Å². The van der Waals surface area contributed by atoms with Crippen LogP contribution < -0.4 is 5.73 Å². The molecule has 0 spiro atoms. The molecule has 102 valence electrons. The molecule has 3 rings (SSSR count). The van der Waals surface area contributed by atoms with Gasteiger partial charge >= 0.3 is 0 Å². The Morgan fingerprint density at radius 1 is 1.20 bits per heavy atom. The zero-order valence-electron chi connectivity index (χ0n) is 11.2. The zero-order chi connectivity index (χ0) is 14.1. The van der Waals surface area contributed by atoms with Gasteiger partial charge in [0.05, 0.1) is 11.0 Å². The molecule has 2 aromatic carbocycles. The van der Waals surface area contributed by atoms with Crippen molar-refractivity contribution in [3.8, 4) is 0 Å². The van der Waals surface area contributed by atoms with Gasteiger partial charge in [0.1, 0.15) is 5.82 Å². The Morgan fingerprint density at radius 2 is 1.95 bits per heavy atom. The van der Waals surface area contributed by atoms with Crippen molar-refractivity contribution >= 4 is 28.3 Å². The molecule has 1 heterocycles. The molecule has 0 bridgehead atoms. The number of benzene rings is 2. The second-order valence-electron chi connectivity index (χ2n) is 5.12. The van der Waals surface area contributed by atoms with E-state index in [0.29, 0.717) is 5.92 Å². The highest BCUT2D eigenvalue weighted by Gasteiger charge is 2.10. The Labute approximate surface area is 122 Å². The lowest BCUT2D eigenvalue weighted by Crippen LogP contribution is -2.00. The highest BCUT2D eigenvalue weighted by atomic mass is 35.5. The summed E-state index contributed by atoms with van der Waals surface area (Å²) in [5, 5.41) is 0.722. The Bertz CT molecular complexity index is 731. The number of H-pyrrole nitrogens is 1. The summed E-state index contributed by atoms with van der Waals surface area (Å²) in [5.74, 6) is 1.36. The van der Waals surface area contributed by atoms with E-state index in [9.17, 15) is 0 Å². The van der Waals surface area contributed by atoms with Crippen LogP contribution >= 0.6 is 11.6 Å². The van der Waals surface area contributed by atoms with Gasteiger partial charge in [-0.3, -0.25) is 0 Å². The van der Waals surface area contributed by atoms with Crippen LogP contribution in [0.2, 0.25) is 5.02 Å². The normalized spacial score (nSPS) is 12.7. The van der Waals surface area contributed by atoms with Crippen LogP contribution in [0.15, 0.2) is 42.5 Å². The van der Waals surface area contributed by atoms with Crippen LogP contribution in [0, 0.1) is 0 Å². The Kier molecular flexibility index (Phi) is 3.36. The van der Waals surface area contributed by atoms with Crippen molar-refractivity contribution in [2.75, 3.05) is 5.73 Å². The molecule has 0 saturated heterocycles. The van der Waals surface area contributed by atoms with Gasteiger partial charge in [-0.1, -0.05) is 30.7 Å². The molecule has 0 aliphatic carbocycles. The molecule has 3 aromatic rings. The molecular formula is C16H16ClN3. The topological polar surface area (TPSA) is 54.7 Å². The smallest absolute Gasteiger partial charge is 0.107 e. The lowest BCUT2D eigenvalue weighted by Gasteiger charge is -2.10. The number of fused-ring (bicyclic) bond motifs is 1. The number of aromatic nitrogens is 2. The number of anilines is 1. The van der Waals surface area contributed by atoms with Gasteiger partial charge in [-0.2, -0.15) is 0 Å². The predicted octanol–water partition coefficient (Wildman–Crippen LogP) is 4.14. The number of nitrogen functional groups attached to an aromatic ring is 1. The highest BCUT2D eigenvalue weighted by molar-refractivity contribution is 6.31. The Hall–Kier alpha value is -2.00. The minimum atomic E-state index is 0.381. The second-order valence-corrected chi connectivity index (χ2v) is 5.55. The van der Waals surface area contributed by atoms with Gasteiger partial charge in [0.25, 0.3) is 0 Å². The predicted molar refractivity (Wildman–Crippen MR) is 84.1 cm³/mol. The van der Waals surface area contributed by atoms with Gasteiger partial charge in [-0.25, -0.2) is 4.98 Å². The number of hydrogen-bond acceptors (Lipinski definition) is 2. The van der Waals surface area contributed by atoms with Crippen LogP contribution in [0.4, 0.5) is 5.69 Å². The second kappa shape index (κ2) is 5.17. The van der Waals surface area contributed by atoms with E-state index in [1.165, 1.54) is 5.56 Å². The third kappa shape index (κ3) is 2.63. The van der Waals surface area contributed by atoms with Crippen molar-refractivity contribution in [2.45, 2.75) is 19.3 Å². The van der Waals surface area contributed by atoms with E-state index < -0.39 is 0 Å². The van der Waals surface area contributed by atoms with Crippen molar-refractivity contribution in [2.24, 2.45) is 0 Å². The Morgan fingerprint density at radius 3 is 2.70 bits per heavy atom. The first kappa shape index (κ1) is 13.0. The van der Waals surface area contributed by atoms with E-state index in [1.54, 1.807) is 0 Å². The number of nitrogens with zero attached hydrogens (tertiary/aromatic N) is 1. The van der Waals surface area contributed by atoms with E-state index >= 15 is 0 Å². The molecule has 0 amide bonds. The molecule has 4 heteroatoms. The maximum absolute atomic E-state index is 5.98. The third-order valence-corrected chi connectivity index (χ3v) is 3.73. The first-order valence-corrected chi connectivity index (χ1v) is 6.99. The summed E-state index contributed by atoms with van der Waals surface area (Å²) in [6.45, 7) is 2.19. The average Bonchev–Trinajstić information content (AvgIpc) is 2.80. The number of halogens is 1. The van der Waals surface area contributed by atoms with E-state index in [1.807, 2.05) is 30.3 Å². The van der Waals surface area contributed by atoms with E-state index in [2.05, 4.69) is 29.0 Å².